The summed E-state index contributed by atoms with van der Waals surface area (Å²) in [7, 11) is 0. The van der Waals surface area contributed by atoms with E-state index in [1.165, 1.54) is 6.07 Å². The lowest BCUT2D eigenvalue weighted by molar-refractivity contribution is 0.181. The fourth-order valence-corrected chi connectivity index (χ4v) is 2.56. The molecule has 3 rings (SSSR count). The first-order valence-electron chi connectivity index (χ1n) is 8.09. The summed E-state index contributed by atoms with van der Waals surface area (Å²) in [6.07, 6.45) is 1.94. The Bertz CT molecular complexity index is 899. The number of aryl methyl sites for hydroxylation is 1. The predicted octanol–water partition coefficient (Wildman–Crippen LogP) is 3.58. The Morgan fingerprint density at radius 1 is 1.04 bits per heavy atom. The molecule has 7 heteroatoms. The van der Waals surface area contributed by atoms with Crippen LogP contribution in [-0.4, -0.2) is 26.6 Å². The van der Waals surface area contributed by atoms with Crippen LogP contribution in [-0.2, 0) is 0 Å². The Balaban J connectivity index is 1.85. The molecule has 0 aliphatic heterocycles. The van der Waals surface area contributed by atoms with Crippen molar-refractivity contribution in [1.29, 1.82) is 0 Å². The maximum atomic E-state index is 13.8. The molecule has 1 unspecified atom stereocenters. The van der Waals surface area contributed by atoms with Crippen molar-refractivity contribution >= 4 is 5.82 Å². The highest BCUT2D eigenvalue weighted by Gasteiger charge is 2.18. The highest BCUT2D eigenvalue weighted by molar-refractivity contribution is 5.59. The average Bonchev–Trinajstić information content (AvgIpc) is 2.63. The molecule has 2 N–H and O–H groups in total. The van der Waals surface area contributed by atoms with Crippen molar-refractivity contribution in [3.05, 3.63) is 71.2 Å². The van der Waals surface area contributed by atoms with Crippen molar-refractivity contribution in [2.24, 2.45) is 0 Å². The number of benzene rings is 1. The summed E-state index contributed by atoms with van der Waals surface area (Å²) in [6.45, 7) is 3.59. The topological polar surface area (TPSA) is 70.9 Å². The number of nitrogens with zero attached hydrogens (tertiary/aromatic N) is 3. The Labute approximate surface area is 149 Å². The number of halogens is 2. The van der Waals surface area contributed by atoms with Gasteiger partial charge in [-0.3, -0.25) is 4.98 Å². The maximum Gasteiger partial charge on any atom is 0.161 e. The van der Waals surface area contributed by atoms with E-state index < -0.39 is 17.7 Å². The van der Waals surface area contributed by atoms with Gasteiger partial charge in [0.05, 0.1) is 5.56 Å². The van der Waals surface area contributed by atoms with Gasteiger partial charge in [0.25, 0.3) is 0 Å². The fraction of sp³-hybridized carbons (Fsp3) is 0.211. The first-order chi connectivity index (χ1) is 12.5. The average molecular weight is 356 g/mol. The van der Waals surface area contributed by atoms with Gasteiger partial charge in [-0.2, -0.15) is 0 Å². The predicted molar refractivity (Wildman–Crippen MR) is 94.5 cm³/mol. The third kappa shape index (κ3) is 3.67. The Morgan fingerprint density at radius 3 is 2.35 bits per heavy atom. The van der Waals surface area contributed by atoms with Gasteiger partial charge in [-0.25, -0.2) is 18.7 Å². The molecule has 0 aliphatic carbocycles. The van der Waals surface area contributed by atoms with Gasteiger partial charge in [0.15, 0.2) is 5.82 Å². The van der Waals surface area contributed by atoms with Crippen LogP contribution in [0.3, 0.4) is 0 Å². The van der Waals surface area contributed by atoms with E-state index in [0.717, 1.165) is 29.0 Å². The Hall–Kier alpha value is -2.93. The molecule has 134 valence electrons. The van der Waals surface area contributed by atoms with E-state index in [2.05, 4.69) is 20.3 Å². The van der Waals surface area contributed by atoms with E-state index in [4.69, 9.17) is 0 Å². The molecule has 5 nitrogen and oxygen atoms in total. The third-order valence-corrected chi connectivity index (χ3v) is 4.12. The van der Waals surface area contributed by atoms with Gasteiger partial charge < -0.3 is 10.4 Å². The summed E-state index contributed by atoms with van der Waals surface area (Å²) < 4.78 is 27.6. The van der Waals surface area contributed by atoms with Crippen LogP contribution in [0.15, 0.2) is 42.7 Å². The number of aliphatic hydroxyl groups is 1. The molecule has 3 aromatic rings. The van der Waals surface area contributed by atoms with Crippen LogP contribution in [0.4, 0.5) is 14.6 Å². The molecule has 26 heavy (non-hydrogen) atoms. The second kappa shape index (κ2) is 7.53. The van der Waals surface area contributed by atoms with Gasteiger partial charge in [-0.05, 0) is 38.1 Å². The van der Waals surface area contributed by atoms with Crippen molar-refractivity contribution in [3.63, 3.8) is 0 Å². The van der Waals surface area contributed by atoms with Crippen LogP contribution in [0, 0.1) is 25.5 Å². The molecule has 0 bridgehead atoms. The van der Waals surface area contributed by atoms with Crippen LogP contribution < -0.4 is 5.32 Å². The number of anilines is 1. The molecule has 2 aromatic heterocycles. The lowest BCUT2D eigenvalue weighted by Crippen LogP contribution is -2.17. The first kappa shape index (κ1) is 17.9. The van der Waals surface area contributed by atoms with Crippen LogP contribution in [0.1, 0.15) is 22.9 Å². The first-order valence-corrected chi connectivity index (χ1v) is 8.09. The van der Waals surface area contributed by atoms with E-state index in [1.54, 1.807) is 24.5 Å². The number of hydrogen-bond donors (Lipinski definition) is 2. The number of pyridine rings is 1. The molecule has 0 fully saturated rings. The van der Waals surface area contributed by atoms with Crippen molar-refractivity contribution in [3.8, 4) is 11.4 Å². The summed E-state index contributed by atoms with van der Waals surface area (Å²) in [5.74, 6) is -0.565. The van der Waals surface area contributed by atoms with Crippen LogP contribution in [0.2, 0.25) is 0 Å². The van der Waals surface area contributed by atoms with Crippen molar-refractivity contribution in [2.75, 3.05) is 11.9 Å². The van der Waals surface area contributed by atoms with Crippen LogP contribution in [0.25, 0.3) is 11.4 Å². The maximum absolute atomic E-state index is 13.8. The van der Waals surface area contributed by atoms with E-state index in [-0.39, 0.29) is 12.1 Å². The third-order valence-electron chi connectivity index (χ3n) is 4.12. The van der Waals surface area contributed by atoms with Crippen molar-refractivity contribution < 1.29 is 13.9 Å². The zero-order chi connectivity index (χ0) is 18.7. The quantitative estimate of drug-likeness (QED) is 0.731. The Morgan fingerprint density at radius 2 is 1.69 bits per heavy atom. The number of aliphatic hydroxyl groups excluding tert-OH is 1. The molecule has 1 atom stereocenters. The van der Waals surface area contributed by atoms with Gasteiger partial charge >= 0.3 is 0 Å². The number of nitrogens with one attached hydrogen (secondary N) is 1. The van der Waals surface area contributed by atoms with Gasteiger partial charge in [0.1, 0.15) is 23.6 Å². The SMILES string of the molecule is Cc1nc(-c2ccncc2)nc(NCC(O)c2c(F)cccc2F)c1C. The molecule has 0 radical (unpaired) electrons. The summed E-state index contributed by atoms with van der Waals surface area (Å²) in [4.78, 5) is 12.9. The van der Waals surface area contributed by atoms with E-state index in [9.17, 15) is 13.9 Å². The lowest BCUT2D eigenvalue weighted by atomic mass is 10.1. The number of aromatic nitrogens is 3. The normalized spacial score (nSPS) is 12.0. The molecule has 0 aliphatic rings. The second-order valence-electron chi connectivity index (χ2n) is 5.87. The van der Waals surface area contributed by atoms with Crippen molar-refractivity contribution in [2.45, 2.75) is 20.0 Å². The summed E-state index contributed by atoms with van der Waals surface area (Å²) >= 11 is 0. The summed E-state index contributed by atoms with van der Waals surface area (Å²) in [6, 6.07) is 7.06. The van der Waals surface area contributed by atoms with E-state index in [1.807, 2.05) is 13.8 Å². The smallest absolute Gasteiger partial charge is 0.161 e. The summed E-state index contributed by atoms with van der Waals surface area (Å²) in [5, 5.41) is 13.2. The van der Waals surface area contributed by atoms with Gasteiger partial charge in [0, 0.05) is 35.8 Å². The number of hydrogen-bond acceptors (Lipinski definition) is 5. The largest absolute Gasteiger partial charge is 0.386 e. The lowest BCUT2D eigenvalue weighted by Gasteiger charge is -2.16. The Kier molecular flexibility index (Phi) is 5.18. The zero-order valence-electron chi connectivity index (χ0n) is 14.4. The molecule has 0 saturated carbocycles. The molecule has 0 spiro atoms. The minimum Gasteiger partial charge on any atom is -0.386 e. The molecule has 0 amide bonds. The fourth-order valence-electron chi connectivity index (χ4n) is 2.56. The van der Waals surface area contributed by atoms with Gasteiger partial charge in [-0.1, -0.05) is 6.07 Å². The number of rotatable bonds is 5. The second-order valence-corrected chi connectivity index (χ2v) is 5.87. The molecular weight excluding hydrogens is 338 g/mol. The van der Waals surface area contributed by atoms with Gasteiger partial charge in [0.2, 0.25) is 0 Å². The molecule has 2 heterocycles. The van der Waals surface area contributed by atoms with E-state index >= 15 is 0 Å². The molecule has 1 aromatic carbocycles. The summed E-state index contributed by atoms with van der Waals surface area (Å²) in [5.41, 5.74) is 1.99. The van der Waals surface area contributed by atoms with Crippen LogP contribution >= 0.6 is 0 Å². The molecular formula is C19H18F2N4O. The standard InChI is InChI=1S/C19H18F2N4O/c1-11-12(2)24-19(13-6-8-22-9-7-13)25-18(11)23-10-16(26)17-14(20)4-3-5-15(17)21/h3-9,16,26H,10H2,1-2H3,(H,23,24,25). The highest BCUT2D eigenvalue weighted by atomic mass is 19.1. The molecule has 0 saturated heterocycles. The van der Waals surface area contributed by atoms with Crippen LogP contribution in [0.5, 0.6) is 0 Å². The monoisotopic (exact) mass is 356 g/mol. The highest BCUT2D eigenvalue weighted by Crippen LogP contribution is 2.24. The van der Waals surface area contributed by atoms with Crippen molar-refractivity contribution in [1.82, 2.24) is 15.0 Å². The minimum absolute atomic E-state index is 0.0923. The van der Waals surface area contributed by atoms with E-state index in [0.29, 0.717) is 11.6 Å². The minimum atomic E-state index is -1.35. The zero-order valence-corrected chi connectivity index (χ0v) is 14.4. The van der Waals surface area contributed by atoms with Gasteiger partial charge in [-0.15, -0.1) is 0 Å².